The van der Waals surface area contributed by atoms with Gasteiger partial charge >= 0.3 is 0 Å². The van der Waals surface area contributed by atoms with Gasteiger partial charge in [0, 0.05) is 38.6 Å². The quantitative estimate of drug-likeness (QED) is 0.916. The van der Waals surface area contributed by atoms with Gasteiger partial charge in [-0.1, -0.05) is 12.1 Å². The Morgan fingerprint density at radius 2 is 2.26 bits per heavy atom. The Labute approximate surface area is 135 Å². The summed E-state index contributed by atoms with van der Waals surface area (Å²) in [7, 11) is 0. The van der Waals surface area contributed by atoms with Crippen molar-refractivity contribution in [3.05, 3.63) is 53.9 Å². The zero-order valence-corrected chi connectivity index (χ0v) is 13.2. The van der Waals surface area contributed by atoms with E-state index in [4.69, 9.17) is 0 Å². The van der Waals surface area contributed by atoms with Crippen LogP contribution in [0.2, 0.25) is 0 Å². The number of piperazine rings is 1. The van der Waals surface area contributed by atoms with Crippen LogP contribution < -0.4 is 5.32 Å². The first-order valence-electron chi connectivity index (χ1n) is 7.90. The summed E-state index contributed by atoms with van der Waals surface area (Å²) in [4.78, 5) is 18.6. The summed E-state index contributed by atoms with van der Waals surface area (Å²) in [5, 5.41) is 2.87. The molecule has 1 saturated heterocycles. The fourth-order valence-corrected chi connectivity index (χ4v) is 3.08. The fraction of sp³-hybridized carbons (Fsp3) is 0.412. The third-order valence-electron chi connectivity index (χ3n) is 4.24. The Hall–Kier alpha value is -2.21. The molecule has 2 heterocycles. The van der Waals surface area contributed by atoms with Crippen molar-refractivity contribution < 1.29 is 9.18 Å². The molecule has 1 amide bonds. The minimum absolute atomic E-state index is 0.0549. The second kappa shape index (κ2) is 6.91. The molecule has 1 aliphatic rings. The van der Waals surface area contributed by atoms with E-state index in [0.717, 1.165) is 31.9 Å². The predicted octanol–water partition coefficient (Wildman–Crippen LogP) is 1.89. The van der Waals surface area contributed by atoms with Crippen LogP contribution in [0.1, 0.15) is 23.9 Å². The third kappa shape index (κ3) is 3.59. The van der Waals surface area contributed by atoms with Crippen LogP contribution in [-0.4, -0.2) is 40.0 Å². The lowest BCUT2D eigenvalue weighted by Crippen LogP contribution is -2.50. The van der Waals surface area contributed by atoms with Gasteiger partial charge in [0.05, 0.1) is 0 Å². The van der Waals surface area contributed by atoms with Crippen molar-refractivity contribution >= 4 is 5.91 Å². The monoisotopic (exact) mass is 316 g/mol. The molecular formula is C17H21FN4O. The SMILES string of the molecule is Cc1nccn1CCCN1CCNC(=O)[C@@H]1c1cccc(F)c1. The van der Waals surface area contributed by atoms with E-state index in [1.807, 2.05) is 19.2 Å². The van der Waals surface area contributed by atoms with Gasteiger partial charge in [-0.3, -0.25) is 9.69 Å². The first-order chi connectivity index (χ1) is 11.1. The highest BCUT2D eigenvalue weighted by Gasteiger charge is 2.30. The summed E-state index contributed by atoms with van der Waals surface area (Å²) in [6.45, 7) is 5.03. The van der Waals surface area contributed by atoms with E-state index in [1.54, 1.807) is 12.3 Å². The Kier molecular flexibility index (Phi) is 4.71. The van der Waals surface area contributed by atoms with Gasteiger partial charge < -0.3 is 9.88 Å². The molecule has 0 spiro atoms. The van der Waals surface area contributed by atoms with Crippen LogP contribution in [0.3, 0.4) is 0 Å². The topological polar surface area (TPSA) is 50.2 Å². The number of hydrogen-bond donors (Lipinski definition) is 1. The summed E-state index contributed by atoms with van der Waals surface area (Å²) in [5.74, 6) is 0.624. The Morgan fingerprint density at radius 1 is 1.39 bits per heavy atom. The van der Waals surface area contributed by atoms with E-state index in [0.29, 0.717) is 12.1 Å². The largest absolute Gasteiger partial charge is 0.353 e. The molecular weight excluding hydrogens is 295 g/mol. The normalized spacial score (nSPS) is 18.9. The van der Waals surface area contributed by atoms with E-state index in [-0.39, 0.29) is 11.7 Å². The number of aromatic nitrogens is 2. The number of nitrogens with one attached hydrogen (secondary N) is 1. The smallest absolute Gasteiger partial charge is 0.242 e. The van der Waals surface area contributed by atoms with E-state index in [2.05, 4.69) is 19.8 Å². The molecule has 2 aromatic rings. The standard InChI is InChI=1S/C17H21FN4O/c1-13-19-6-10-21(13)8-3-9-22-11-7-20-17(23)16(22)14-4-2-5-15(18)12-14/h2,4-6,10,12,16H,3,7-9,11H2,1H3,(H,20,23)/t16-/m0/s1. The van der Waals surface area contributed by atoms with Gasteiger partial charge in [-0.15, -0.1) is 0 Å². The number of aryl methyl sites for hydroxylation is 2. The van der Waals surface area contributed by atoms with Crippen LogP contribution in [0.5, 0.6) is 0 Å². The van der Waals surface area contributed by atoms with Crippen LogP contribution in [0.25, 0.3) is 0 Å². The molecule has 1 N–H and O–H groups in total. The molecule has 1 aliphatic heterocycles. The summed E-state index contributed by atoms with van der Waals surface area (Å²) in [6.07, 6.45) is 4.66. The molecule has 1 fully saturated rings. The minimum Gasteiger partial charge on any atom is -0.353 e. The van der Waals surface area contributed by atoms with Gasteiger partial charge in [-0.25, -0.2) is 9.37 Å². The molecule has 0 aliphatic carbocycles. The van der Waals surface area contributed by atoms with Crippen molar-refractivity contribution in [2.45, 2.75) is 25.9 Å². The maximum absolute atomic E-state index is 13.5. The van der Waals surface area contributed by atoms with E-state index in [1.165, 1.54) is 12.1 Å². The molecule has 23 heavy (non-hydrogen) atoms. The Morgan fingerprint density at radius 3 is 3.00 bits per heavy atom. The van der Waals surface area contributed by atoms with Crippen LogP contribution in [0, 0.1) is 12.7 Å². The molecule has 0 bridgehead atoms. The zero-order valence-electron chi connectivity index (χ0n) is 13.2. The molecule has 0 saturated carbocycles. The number of hydrogen-bond acceptors (Lipinski definition) is 3. The second-order valence-electron chi connectivity index (χ2n) is 5.81. The van der Waals surface area contributed by atoms with Crippen molar-refractivity contribution in [1.82, 2.24) is 19.8 Å². The summed E-state index contributed by atoms with van der Waals surface area (Å²) in [5.41, 5.74) is 0.709. The van der Waals surface area contributed by atoms with Crippen molar-refractivity contribution in [2.24, 2.45) is 0 Å². The van der Waals surface area contributed by atoms with Gasteiger partial charge in [0.15, 0.2) is 0 Å². The first kappa shape index (κ1) is 15.7. The van der Waals surface area contributed by atoms with Crippen molar-refractivity contribution in [2.75, 3.05) is 19.6 Å². The number of amides is 1. The lowest BCUT2D eigenvalue weighted by atomic mass is 10.0. The first-order valence-corrected chi connectivity index (χ1v) is 7.90. The van der Waals surface area contributed by atoms with Crippen molar-refractivity contribution in [3.8, 4) is 0 Å². The fourth-order valence-electron chi connectivity index (χ4n) is 3.08. The van der Waals surface area contributed by atoms with E-state index in [9.17, 15) is 9.18 Å². The molecule has 122 valence electrons. The number of imidazole rings is 1. The highest BCUT2D eigenvalue weighted by Crippen LogP contribution is 2.24. The number of rotatable bonds is 5. The van der Waals surface area contributed by atoms with Crippen LogP contribution >= 0.6 is 0 Å². The molecule has 3 rings (SSSR count). The lowest BCUT2D eigenvalue weighted by Gasteiger charge is -2.35. The number of carbonyl (C=O) groups excluding carboxylic acids is 1. The lowest BCUT2D eigenvalue weighted by molar-refractivity contribution is -0.129. The van der Waals surface area contributed by atoms with E-state index < -0.39 is 6.04 Å². The summed E-state index contributed by atoms with van der Waals surface area (Å²) < 4.78 is 15.6. The third-order valence-corrected chi connectivity index (χ3v) is 4.24. The van der Waals surface area contributed by atoms with Gasteiger partial charge in [-0.05, 0) is 31.0 Å². The van der Waals surface area contributed by atoms with Crippen LogP contribution in [-0.2, 0) is 11.3 Å². The van der Waals surface area contributed by atoms with Gasteiger partial charge in [0.2, 0.25) is 5.91 Å². The number of nitrogens with zero attached hydrogens (tertiary/aromatic N) is 3. The van der Waals surface area contributed by atoms with Crippen molar-refractivity contribution in [3.63, 3.8) is 0 Å². The molecule has 1 atom stereocenters. The molecule has 0 radical (unpaired) electrons. The van der Waals surface area contributed by atoms with Gasteiger partial charge in [-0.2, -0.15) is 0 Å². The maximum atomic E-state index is 13.5. The average Bonchev–Trinajstić information content (AvgIpc) is 2.93. The molecule has 5 nitrogen and oxygen atoms in total. The number of benzene rings is 1. The average molecular weight is 316 g/mol. The van der Waals surface area contributed by atoms with Gasteiger partial charge in [0.1, 0.15) is 17.7 Å². The van der Waals surface area contributed by atoms with E-state index >= 15 is 0 Å². The molecule has 1 aromatic heterocycles. The summed E-state index contributed by atoms with van der Waals surface area (Å²) >= 11 is 0. The Bertz CT molecular complexity index is 685. The Balaban J connectivity index is 1.68. The minimum atomic E-state index is -0.414. The molecule has 6 heteroatoms. The van der Waals surface area contributed by atoms with Crippen molar-refractivity contribution in [1.29, 1.82) is 0 Å². The predicted molar refractivity (Wildman–Crippen MR) is 85.3 cm³/mol. The zero-order chi connectivity index (χ0) is 16.2. The highest BCUT2D eigenvalue weighted by molar-refractivity contribution is 5.83. The molecule has 0 unspecified atom stereocenters. The van der Waals surface area contributed by atoms with Crippen LogP contribution in [0.4, 0.5) is 4.39 Å². The van der Waals surface area contributed by atoms with Gasteiger partial charge in [0.25, 0.3) is 0 Å². The second-order valence-corrected chi connectivity index (χ2v) is 5.81. The number of halogens is 1. The highest BCUT2D eigenvalue weighted by atomic mass is 19.1. The molecule has 1 aromatic carbocycles. The maximum Gasteiger partial charge on any atom is 0.242 e. The van der Waals surface area contributed by atoms with Crippen LogP contribution in [0.15, 0.2) is 36.7 Å². The number of carbonyl (C=O) groups is 1. The summed E-state index contributed by atoms with van der Waals surface area (Å²) in [6, 6.07) is 5.90.